The Morgan fingerprint density at radius 3 is 1.27 bits per heavy atom. The fourth-order valence-electron chi connectivity index (χ4n) is 10.9. The van der Waals surface area contributed by atoms with Crippen molar-refractivity contribution >= 4 is 66.2 Å². The highest BCUT2D eigenvalue weighted by molar-refractivity contribution is 7.48. The number of amidine groups is 2. The average Bonchev–Trinajstić information content (AvgIpc) is 2.15. The van der Waals surface area contributed by atoms with Gasteiger partial charge in [0.15, 0.2) is 34.6 Å². The smallest absolute Gasteiger partial charge is 0.387 e. The van der Waals surface area contributed by atoms with Crippen LogP contribution in [0.3, 0.4) is 0 Å². The molecule has 0 bridgehead atoms. The number of nitrogens with zero attached hydrogens (tertiary/aromatic N) is 8. The van der Waals surface area contributed by atoms with Crippen LogP contribution in [-0.2, 0) is 73.4 Å². The third-order valence-electron chi connectivity index (χ3n) is 15.2. The second-order valence-electron chi connectivity index (χ2n) is 22.5. The lowest BCUT2D eigenvalue weighted by Gasteiger charge is -2.26. The van der Waals surface area contributed by atoms with E-state index >= 15 is 0 Å². The van der Waals surface area contributed by atoms with Crippen molar-refractivity contribution in [1.29, 1.82) is 0 Å². The van der Waals surface area contributed by atoms with E-state index in [2.05, 4.69) is 29.9 Å². The lowest BCUT2D eigenvalue weighted by atomic mass is 9.89. The normalized spacial score (nSPS) is 29.6. The van der Waals surface area contributed by atoms with Crippen LogP contribution in [0, 0.1) is 25.7 Å². The van der Waals surface area contributed by atoms with E-state index in [1.807, 2.05) is 13.8 Å². The van der Waals surface area contributed by atoms with Crippen LogP contribution in [0.25, 0.3) is 0 Å². The Morgan fingerprint density at radius 1 is 0.544 bits per heavy atom. The maximum Gasteiger partial charge on any atom is 0.472 e. The highest BCUT2D eigenvalue weighted by atomic mass is 31.2. The van der Waals surface area contributed by atoms with E-state index in [1.165, 1.54) is 60.2 Å². The summed E-state index contributed by atoms with van der Waals surface area (Å²) in [5, 5.41) is 0. The van der Waals surface area contributed by atoms with Crippen LogP contribution >= 0.6 is 31.3 Å². The van der Waals surface area contributed by atoms with Crippen molar-refractivity contribution in [3.05, 3.63) is 89.2 Å². The SMILES string of the molecule is Cc1cn(C2CC(OP(=O)(O)OCC3OC(n4cnc5c4N=C(N)CC5=O)CC3OP(=O)(O)OCC3OC(n4cnc5c4N=C(N)CC5=O)CC3OP(=O)(O)OCC3OC(n4cc(C)c(=O)[nH]c4=O)CC3C(C)C)C(COP(=O)(O)OC(C)C)O2)c(=O)[nH]c1=O. The summed E-state index contributed by atoms with van der Waals surface area (Å²) in [6.45, 7) is 6.23. The lowest BCUT2D eigenvalue weighted by Crippen LogP contribution is -2.33. The number of phosphoric acid groups is 4. The molecule has 4 aromatic rings. The molecule has 38 nitrogen and oxygen atoms in total. The topological polar surface area (TPSA) is 516 Å². The summed E-state index contributed by atoms with van der Waals surface area (Å²) in [5.74, 6) is -1.67. The van der Waals surface area contributed by atoms with Gasteiger partial charge in [-0.1, -0.05) is 13.8 Å². The fourth-order valence-corrected chi connectivity index (χ4v) is 14.8. The highest BCUT2D eigenvalue weighted by Crippen LogP contribution is 2.55. The van der Waals surface area contributed by atoms with Gasteiger partial charge in [-0.15, -0.1) is 0 Å². The Labute approximate surface area is 508 Å². The quantitative estimate of drug-likeness (QED) is 0.0440. The van der Waals surface area contributed by atoms with E-state index < -0.39 is 178 Å². The Kier molecular flexibility index (Phi) is 19.7. The molecule has 0 radical (unpaired) electrons. The number of hydrogen-bond donors (Lipinski definition) is 8. The van der Waals surface area contributed by atoms with Crippen LogP contribution in [0.5, 0.6) is 0 Å². The summed E-state index contributed by atoms with van der Waals surface area (Å²) in [6, 6.07) is 0. The molecular formula is C48H66N12O26P4. The molecule has 4 aromatic heterocycles. The largest absolute Gasteiger partial charge is 0.472 e. The number of ketones is 2. The number of fused-ring (bicyclic) bond motifs is 2. The van der Waals surface area contributed by atoms with Gasteiger partial charge in [0.1, 0.15) is 73.2 Å². The zero-order valence-electron chi connectivity index (χ0n) is 48.8. The molecule has 6 aliphatic rings. The van der Waals surface area contributed by atoms with Crippen molar-refractivity contribution in [2.75, 3.05) is 26.4 Å². The Balaban J connectivity index is 0.864. The van der Waals surface area contributed by atoms with Crippen molar-refractivity contribution in [2.24, 2.45) is 33.3 Å². The van der Waals surface area contributed by atoms with Gasteiger partial charge in [0, 0.05) is 42.8 Å². The number of aryl methyl sites for hydroxylation is 2. The number of aromatic nitrogens is 8. The van der Waals surface area contributed by atoms with E-state index in [9.17, 15) is 66.6 Å². The lowest BCUT2D eigenvalue weighted by molar-refractivity contribution is -0.0621. The second kappa shape index (κ2) is 26.4. The zero-order valence-corrected chi connectivity index (χ0v) is 52.3. The van der Waals surface area contributed by atoms with E-state index in [4.69, 9.17) is 66.6 Å². The number of ether oxygens (including phenoxy) is 4. The molecule has 0 amide bonds. The van der Waals surface area contributed by atoms with Gasteiger partial charge in [-0.05, 0) is 46.0 Å². The predicted octanol–water partition coefficient (Wildman–Crippen LogP) is 2.12. The molecule has 90 heavy (non-hydrogen) atoms. The van der Waals surface area contributed by atoms with Gasteiger partial charge in [-0.2, -0.15) is 0 Å². The van der Waals surface area contributed by atoms with Gasteiger partial charge in [0.2, 0.25) is 0 Å². The molecule has 0 saturated carbocycles. The molecule has 0 aromatic carbocycles. The number of carbonyl (C=O) groups is 2. The molecule has 10 heterocycles. The first kappa shape index (κ1) is 67.2. The molecule has 16 atom stereocenters. The maximum absolute atomic E-state index is 14.2. The van der Waals surface area contributed by atoms with Crippen LogP contribution in [0.1, 0.15) is 123 Å². The van der Waals surface area contributed by atoms with Crippen LogP contribution in [0.4, 0.5) is 11.6 Å². The Hall–Kier alpha value is -5.66. The predicted molar refractivity (Wildman–Crippen MR) is 303 cm³/mol. The number of rotatable bonds is 25. The number of aliphatic imine (C=N–C) groups is 2. The third kappa shape index (κ3) is 15.4. The van der Waals surface area contributed by atoms with Crippen molar-refractivity contribution in [3.8, 4) is 0 Å². The molecule has 0 spiro atoms. The first-order chi connectivity index (χ1) is 42.2. The molecule has 16 unspecified atom stereocenters. The Morgan fingerprint density at radius 2 is 0.889 bits per heavy atom. The van der Waals surface area contributed by atoms with Crippen LogP contribution in [0.2, 0.25) is 0 Å². The number of Topliss-reactive ketones (excluding diaryl/α,β-unsaturated/α-hetero) is 2. The Bertz CT molecular complexity index is 3930. The number of carbonyl (C=O) groups excluding carboxylic acids is 2. The standard InChI is InChI=1S/C48H66N12O26P4/c1-21(2)25-7-37(57-13-23(5)45(63)55-47(57)65)79-31(25)15-75-88(69,70)85-29-11-39(59-19-51-41-26(61)8-35(49)53-43(41)59)81-33(29)17-78-90(73,74)86-30-12-40(60-20-52-42-27(62)9-36(50)54-44(42)60)82-34(30)18-77-89(71,72)84-28-10-38(58-14-24(6)46(64)56-48(58)66)80-32(28)16-76-87(67,68)83-22(3)4/h13-14,19-22,25,28-34,37-40H,7-12,15-18H2,1-6H3,(H2,49,53)(H2,50,54)(H,67,68)(H,69,70)(H,71,72)(H,73,74)(H,55,63,65)(H,56,64,66). The minimum Gasteiger partial charge on any atom is -0.387 e. The number of phosphoric ester groups is 4. The van der Waals surface area contributed by atoms with Crippen molar-refractivity contribution < 1.29 is 103 Å². The van der Waals surface area contributed by atoms with Gasteiger partial charge in [0.25, 0.3) is 11.1 Å². The molecule has 4 fully saturated rings. The summed E-state index contributed by atoms with van der Waals surface area (Å²) < 4.78 is 127. The van der Waals surface area contributed by atoms with E-state index in [1.54, 1.807) is 0 Å². The third-order valence-corrected chi connectivity index (χ3v) is 19.4. The number of imidazole rings is 2. The zero-order chi connectivity index (χ0) is 65.1. The number of nitrogens with two attached hydrogens (primary N) is 2. The molecule has 4 saturated heterocycles. The first-order valence-corrected chi connectivity index (χ1v) is 33.9. The summed E-state index contributed by atoms with van der Waals surface area (Å²) in [5.41, 5.74) is 9.07. The molecule has 494 valence electrons. The van der Waals surface area contributed by atoms with Crippen molar-refractivity contribution in [2.45, 2.75) is 154 Å². The number of nitrogens with one attached hydrogen (secondary N) is 2. The van der Waals surface area contributed by atoms with Crippen LogP contribution < -0.4 is 34.0 Å². The van der Waals surface area contributed by atoms with E-state index in [0.717, 1.165) is 10.8 Å². The molecule has 0 aliphatic carbocycles. The minimum absolute atomic E-state index is 0.0327. The maximum atomic E-state index is 14.2. The first-order valence-electron chi connectivity index (χ1n) is 28.0. The number of H-pyrrole nitrogens is 2. The molecule has 10 rings (SSSR count). The van der Waals surface area contributed by atoms with Gasteiger partial charge in [-0.25, -0.2) is 47.8 Å². The fraction of sp³-hybridized carbons (Fsp3) is 0.625. The van der Waals surface area contributed by atoms with Crippen LogP contribution in [0.15, 0.2) is 54.2 Å². The second-order valence-corrected chi connectivity index (χ2v) is 28.1. The van der Waals surface area contributed by atoms with Gasteiger partial charge < -0.3 is 50.0 Å². The molecule has 42 heteroatoms. The summed E-state index contributed by atoms with van der Waals surface area (Å²) in [4.78, 5) is 141. The van der Waals surface area contributed by atoms with Gasteiger partial charge in [-0.3, -0.25) is 83.6 Å². The number of hydrogen-bond acceptors (Lipinski definition) is 28. The summed E-state index contributed by atoms with van der Waals surface area (Å²) in [7, 11) is -20.8. The minimum atomic E-state index is -5.45. The average molecular weight is 1350 g/mol. The van der Waals surface area contributed by atoms with E-state index in [-0.39, 0.29) is 83.3 Å². The number of aromatic amines is 2. The van der Waals surface area contributed by atoms with Crippen LogP contribution in [-0.4, -0.2) is 156 Å². The molecular weight excluding hydrogens is 1280 g/mol. The van der Waals surface area contributed by atoms with Crippen molar-refractivity contribution in [3.63, 3.8) is 0 Å². The van der Waals surface area contributed by atoms with E-state index in [0.29, 0.717) is 0 Å². The van der Waals surface area contributed by atoms with Gasteiger partial charge in [0.05, 0.1) is 64.1 Å². The highest BCUT2D eigenvalue weighted by Gasteiger charge is 2.50. The monoisotopic (exact) mass is 1350 g/mol. The van der Waals surface area contributed by atoms with Gasteiger partial charge >= 0.3 is 42.7 Å². The summed E-state index contributed by atoms with van der Waals surface area (Å²) >= 11 is 0. The van der Waals surface area contributed by atoms with Crippen molar-refractivity contribution in [1.82, 2.24) is 38.2 Å². The molecule has 6 aliphatic heterocycles. The summed E-state index contributed by atoms with van der Waals surface area (Å²) in [6.07, 6.45) is -12.4. The molecule has 10 N–H and O–H groups in total.